The summed E-state index contributed by atoms with van der Waals surface area (Å²) in [4.78, 5) is 8.77. The normalized spacial score (nSPS) is 11.8. The molecule has 164 valence electrons. The van der Waals surface area contributed by atoms with Crippen molar-refractivity contribution in [3.05, 3.63) is 83.5 Å². The SMILES string of the molecule is CN=C(NCCCc1nc(C(C)C)no1)NCCC(c1ccccc1)c1ccccc1. The summed E-state index contributed by atoms with van der Waals surface area (Å²) >= 11 is 0. The molecule has 0 atom stereocenters. The minimum Gasteiger partial charge on any atom is -0.356 e. The molecule has 3 aromatic rings. The van der Waals surface area contributed by atoms with Crippen LogP contribution in [0.25, 0.3) is 0 Å². The van der Waals surface area contributed by atoms with Crippen LogP contribution in [0.5, 0.6) is 0 Å². The lowest BCUT2D eigenvalue weighted by Crippen LogP contribution is -2.38. The highest BCUT2D eigenvalue weighted by molar-refractivity contribution is 5.79. The Morgan fingerprint density at radius 1 is 0.935 bits per heavy atom. The molecule has 0 aliphatic carbocycles. The van der Waals surface area contributed by atoms with Gasteiger partial charge in [0, 0.05) is 38.4 Å². The van der Waals surface area contributed by atoms with Crippen molar-refractivity contribution in [2.75, 3.05) is 20.1 Å². The third kappa shape index (κ3) is 6.95. The van der Waals surface area contributed by atoms with Crippen molar-refractivity contribution >= 4 is 5.96 Å². The van der Waals surface area contributed by atoms with Gasteiger partial charge in [0.05, 0.1) is 0 Å². The standard InChI is InChI=1S/C25H33N5O/c1-19(2)24-29-23(31-30-24)15-10-17-27-25(26-3)28-18-16-22(20-11-6-4-7-12-20)21-13-8-5-9-14-21/h4-9,11-14,19,22H,10,15-18H2,1-3H3,(H2,26,27,28). The molecule has 2 aromatic carbocycles. The first-order valence-corrected chi connectivity index (χ1v) is 11.0. The number of aliphatic imine (C=N–C) groups is 1. The molecule has 6 nitrogen and oxygen atoms in total. The van der Waals surface area contributed by atoms with Gasteiger partial charge in [-0.15, -0.1) is 0 Å². The van der Waals surface area contributed by atoms with E-state index in [1.54, 1.807) is 7.05 Å². The second kappa shape index (κ2) is 11.9. The van der Waals surface area contributed by atoms with Gasteiger partial charge in [-0.1, -0.05) is 79.7 Å². The van der Waals surface area contributed by atoms with Crippen LogP contribution in [-0.2, 0) is 6.42 Å². The summed E-state index contributed by atoms with van der Waals surface area (Å²) in [6, 6.07) is 21.3. The minimum absolute atomic E-state index is 0.286. The van der Waals surface area contributed by atoms with Crippen molar-refractivity contribution in [1.29, 1.82) is 0 Å². The molecule has 0 bridgehead atoms. The second-order valence-corrected chi connectivity index (χ2v) is 7.89. The molecule has 2 N–H and O–H groups in total. The van der Waals surface area contributed by atoms with E-state index in [2.05, 4.69) is 100 Å². The molecule has 1 aromatic heterocycles. The fourth-order valence-electron chi connectivity index (χ4n) is 3.50. The number of nitrogens with zero attached hydrogens (tertiary/aromatic N) is 3. The van der Waals surface area contributed by atoms with E-state index in [1.807, 2.05) is 0 Å². The maximum absolute atomic E-state index is 5.30. The van der Waals surface area contributed by atoms with Crippen LogP contribution in [0.1, 0.15) is 61.4 Å². The van der Waals surface area contributed by atoms with E-state index in [0.29, 0.717) is 11.8 Å². The maximum atomic E-state index is 5.30. The van der Waals surface area contributed by atoms with Crippen LogP contribution in [0.3, 0.4) is 0 Å². The van der Waals surface area contributed by atoms with Gasteiger partial charge in [-0.3, -0.25) is 4.99 Å². The van der Waals surface area contributed by atoms with Crippen molar-refractivity contribution < 1.29 is 4.52 Å². The van der Waals surface area contributed by atoms with Crippen LogP contribution in [-0.4, -0.2) is 36.2 Å². The minimum atomic E-state index is 0.286. The first-order valence-electron chi connectivity index (χ1n) is 11.0. The number of nitrogens with one attached hydrogen (secondary N) is 2. The Kier molecular flexibility index (Phi) is 8.64. The molecule has 0 aliphatic heterocycles. The van der Waals surface area contributed by atoms with Crippen LogP contribution in [0.15, 0.2) is 70.2 Å². The van der Waals surface area contributed by atoms with Gasteiger partial charge in [0.25, 0.3) is 0 Å². The third-order valence-electron chi connectivity index (χ3n) is 5.21. The molecule has 0 unspecified atom stereocenters. The monoisotopic (exact) mass is 419 g/mol. The lowest BCUT2D eigenvalue weighted by Gasteiger charge is -2.19. The smallest absolute Gasteiger partial charge is 0.226 e. The number of guanidine groups is 1. The van der Waals surface area contributed by atoms with Crippen molar-refractivity contribution in [2.45, 2.75) is 44.9 Å². The largest absolute Gasteiger partial charge is 0.356 e. The fourth-order valence-corrected chi connectivity index (χ4v) is 3.50. The number of aromatic nitrogens is 2. The van der Waals surface area contributed by atoms with Crippen molar-refractivity contribution in [2.24, 2.45) is 4.99 Å². The van der Waals surface area contributed by atoms with E-state index in [4.69, 9.17) is 4.52 Å². The molecule has 0 saturated carbocycles. The van der Waals surface area contributed by atoms with E-state index < -0.39 is 0 Å². The van der Waals surface area contributed by atoms with E-state index in [1.165, 1.54) is 11.1 Å². The molecule has 1 heterocycles. The Labute approximate surface area is 185 Å². The fraction of sp³-hybridized carbons (Fsp3) is 0.400. The molecule has 3 rings (SSSR count). The van der Waals surface area contributed by atoms with E-state index in [-0.39, 0.29) is 5.92 Å². The zero-order valence-corrected chi connectivity index (χ0v) is 18.7. The Morgan fingerprint density at radius 2 is 1.55 bits per heavy atom. The van der Waals surface area contributed by atoms with Gasteiger partial charge in [0.15, 0.2) is 11.8 Å². The zero-order valence-electron chi connectivity index (χ0n) is 18.7. The predicted molar refractivity (Wildman–Crippen MR) is 125 cm³/mol. The van der Waals surface area contributed by atoms with Gasteiger partial charge in [-0.2, -0.15) is 4.98 Å². The van der Waals surface area contributed by atoms with Gasteiger partial charge in [-0.05, 0) is 24.0 Å². The highest BCUT2D eigenvalue weighted by atomic mass is 16.5. The van der Waals surface area contributed by atoms with E-state index in [9.17, 15) is 0 Å². The summed E-state index contributed by atoms with van der Waals surface area (Å²) in [7, 11) is 1.80. The Hall–Kier alpha value is -3.15. The summed E-state index contributed by atoms with van der Waals surface area (Å²) < 4.78 is 5.30. The Bertz CT molecular complexity index is 882. The molecule has 31 heavy (non-hydrogen) atoms. The van der Waals surface area contributed by atoms with Gasteiger partial charge in [0.2, 0.25) is 5.89 Å². The first kappa shape index (κ1) is 22.5. The molecule has 0 radical (unpaired) electrons. The highest BCUT2D eigenvalue weighted by Gasteiger charge is 2.14. The van der Waals surface area contributed by atoms with E-state index in [0.717, 1.165) is 44.1 Å². The molecular formula is C25H33N5O. The van der Waals surface area contributed by atoms with Crippen LogP contribution in [0.4, 0.5) is 0 Å². The predicted octanol–water partition coefficient (Wildman–Crippen LogP) is 4.51. The molecule has 0 fully saturated rings. The van der Waals surface area contributed by atoms with Crippen LogP contribution >= 0.6 is 0 Å². The van der Waals surface area contributed by atoms with Crippen LogP contribution < -0.4 is 10.6 Å². The Balaban J connectivity index is 1.45. The number of rotatable bonds is 10. The number of benzene rings is 2. The lowest BCUT2D eigenvalue weighted by molar-refractivity contribution is 0.368. The number of hydrogen-bond donors (Lipinski definition) is 2. The van der Waals surface area contributed by atoms with Crippen molar-refractivity contribution in [3.8, 4) is 0 Å². The maximum Gasteiger partial charge on any atom is 0.226 e. The zero-order chi connectivity index (χ0) is 21.9. The van der Waals surface area contributed by atoms with E-state index >= 15 is 0 Å². The second-order valence-electron chi connectivity index (χ2n) is 7.89. The summed E-state index contributed by atoms with van der Waals surface area (Å²) in [5.41, 5.74) is 2.66. The quantitative estimate of drug-likeness (QED) is 0.287. The summed E-state index contributed by atoms with van der Waals surface area (Å²) in [5.74, 6) is 2.91. The summed E-state index contributed by atoms with van der Waals surface area (Å²) in [5, 5.41) is 10.8. The summed E-state index contributed by atoms with van der Waals surface area (Å²) in [6.45, 7) is 5.74. The third-order valence-corrected chi connectivity index (χ3v) is 5.21. The summed E-state index contributed by atoms with van der Waals surface area (Å²) in [6.07, 6.45) is 2.64. The lowest BCUT2D eigenvalue weighted by atomic mass is 9.88. The molecule has 6 heteroatoms. The molecule has 0 spiro atoms. The van der Waals surface area contributed by atoms with Crippen LogP contribution in [0, 0.1) is 0 Å². The number of hydrogen-bond acceptors (Lipinski definition) is 4. The molecule has 0 saturated heterocycles. The molecule has 0 amide bonds. The average molecular weight is 420 g/mol. The molecular weight excluding hydrogens is 386 g/mol. The highest BCUT2D eigenvalue weighted by Crippen LogP contribution is 2.27. The van der Waals surface area contributed by atoms with Gasteiger partial charge in [0.1, 0.15) is 0 Å². The van der Waals surface area contributed by atoms with Crippen molar-refractivity contribution in [1.82, 2.24) is 20.8 Å². The van der Waals surface area contributed by atoms with Gasteiger partial charge >= 0.3 is 0 Å². The van der Waals surface area contributed by atoms with Crippen molar-refractivity contribution in [3.63, 3.8) is 0 Å². The molecule has 0 aliphatic rings. The van der Waals surface area contributed by atoms with Crippen LogP contribution in [0.2, 0.25) is 0 Å². The first-order chi connectivity index (χ1) is 15.2. The van der Waals surface area contributed by atoms with Gasteiger partial charge < -0.3 is 15.2 Å². The topological polar surface area (TPSA) is 75.3 Å². The number of aryl methyl sites for hydroxylation is 1. The van der Waals surface area contributed by atoms with Gasteiger partial charge in [-0.25, -0.2) is 0 Å². The average Bonchev–Trinajstić information content (AvgIpc) is 3.29. The Morgan fingerprint density at radius 3 is 2.10 bits per heavy atom.